The fourth-order valence-electron chi connectivity index (χ4n) is 4.16. The second-order valence-corrected chi connectivity index (χ2v) is 9.69. The second-order valence-electron chi connectivity index (χ2n) is 8.15. The number of nitrogens with one attached hydrogen (secondary N) is 1. The number of amides is 3. The molecule has 1 saturated heterocycles. The van der Waals surface area contributed by atoms with Gasteiger partial charge in [-0.25, -0.2) is 4.39 Å². The van der Waals surface area contributed by atoms with E-state index in [0.717, 1.165) is 0 Å². The third kappa shape index (κ3) is 4.21. The van der Waals surface area contributed by atoms with Gasteiger partial charge in [0, 0.05) is 23.8 Å². The van der Waals surface area contributed by atoms with E-state index in [0.29, 0.717) is 17.3 Å². The van der Waals surface area contributed by atoms with Gasteiger partial charge in [0.2, 0.25) is 11.8 Å². The van der Waals surface area contributed by atoms with Crippen LogP contribution in [0.2, 0.25) is 0 Å². The summed E-state index contributed by atoms with van der Waals surface area (Å²) in [6.07, 6.45) is -0.842. The van der Waals surface area contributed by atoms with Crippen molar-refractivity contribution in [2.75, 3.05) is 6.54 Å². The van der Waals surface area contributed by atoms with Crippen molar-refractivity contribution in [1.29, 1.82) is 0 Å². The number of fused-ring (bicyclic) bond motifs is 1. The first-order valence-electron chi connectivity index (χ1n) is 9.95. The van der Waals surface area contributed by atoms with Crippen LogP contribution in [-0.2, 0) is 16.1 Å². The molecule has 3 N–H and O–H groups in total. The molecule has 4 rings (SSSR count). The minimum absolute atomic E-state index is 0.0476. The summed E-state index contributed by atoms with van der Waals surface area (Å²) in [4.78, 5) is 38.7. The molecule has 8 nitrogen and oxygen atoms in total. The standard InChI is InChI=1S/C20H22Cl2FN5O3/c1-10(13-7-20(13,21)22)25-19(31)15-6-11(23)8-27(15)16(29)9-28-14-5-3-2-4-12(14)17(26-28)18(24)30/h2-5,10-11,13,15H,6-9H2,1H3,(H2,24,30)(H,25,31)/t10-,11-,13-,15+/m1/s1. The van der Waals surface area contributed by atoms with E-state index >= 15 is 0 Å². The predicted molar refractivity (Wildman–Crippen MR) is 113 cm³/mol. The Balaban J connectivity index is 1.50. The largest absolute Gasteiger partial charge is 0.364 e. The van der Waals surface area contributed by atoms with Crippen LogP contribution in [0.3, 0.4) is 0 Å². The Bertz CT molecular complexity index is 1060. The number of aromatic nitrogens is 2. The van der Waals surface area contributed by atoms with Crippen molar-refractivity contribution < 1.29 is 18.8 Å². The lowest BCUT2D eigenvalue weighted by Crippen LogP contribution is -2.49. The number of benzene rings is 1. The number of rotatable bonds is 6. The van der Waals surface area contributed by atoms with Crippen LogP contribution in [0, 0.1) is 5.92 Å². The molecule has 0 spiro atoms. The summed E-state index contributed by atoms with van der Waals surface area (Å²) < 4.78 is 14.7. The zero-order valence-electron chi connectivity index (χ0n) is 16.7. The number of likely N-dealkylation sites (tertiary alicyclic amines) is 1. The van der Waals surface area contributed by atoms with E-state index in [4.69, 9.17) is 28.9 Å². The van der Waals surface area contributed by atoms with Crippen LogP contribution in [0.4, 0.5) is 4.39 Å². The highest BCUT2D eigenvalue weighted by molar-refractivity contribution is 6.50. The van der Waals surface area contributed by atoms with Crippen LogP contribution < -0.4 is 11.1 Å². The van der Waals surface area contributed by atoms with Crippen molar-refractivity contribution in [3.05, 3.63) is 30.0 Å². The Morgan fingerprint density at radius 2 is 2.03 bits per heavy atom. The van der Waals surface area contributed by atoms with E-state index in [1.165, 1.54) is 9.58 Å². The molecule has 1 saturated carbocycles. The van der Waals surface area contributed by atoms with E-state index in [2.05, 4.69) is 10.4 Å². The summed E-state index contributed by atoms with van der Waals surface area (Å²) >= 11 is 12.1. The molecule has 2 aliphatic rings. The van der Waals surface area contributed by atoms with Gasteiger partial charge in [0.25, 0.3) is 5.91 Å². The topological polar surface area (TPSA) is 110 Å². The highest BCUT2D eigenvalue weighted by atomic mass is 35.5. The molecular weight excluding hydrogens is 448 g/mol. The molecule has 0 radical (unpaired) electrons. The fourth-order valence-corrected chi connectivity index (χ4v) is 4.87. The van der Waals surface area contributed by atoms with Gasteiger partial charge in [-0.05, 0) is 19.4 Å². The zero-order chi connectivity index (χ0) is 22.5. The predicted octanol–water partition coefficient (Wildman–Crippen LogP) is 1.77. The van der Waals surface area contributed by atoms with Crippen LogP contribution in [0.15, 0.2) is 24.3 Å². The molecule has 31 heavy (non-hydrogen) atoms. The maximum absolute atomic E-state index is 14.2. The summed E-state index contributed by atoms with van der Waals surface area (Å²) in [7, 11) is 0. The number of nitrogens with zero attached hydrogens (tertiary/aromatic N) is 3. The monoisotopic (exact) mass is 469 g/mol. The third-order valence-electron chi connectivity index (χ3n) is 5.90. The van der Waals surface area contributed by atoms with Gasteiger partial charge in [0.15, 0.2) is 5.69 Å². The molecule has 2 fully saturated rings. The minimum Gasteiger partial charge on any atom is -0.364 e. The van der Waals surface area contributed by atoms with Gasteiger partial charge >= 0.3 is 0 Å². The van der Waals surface area contributed by atoms with E-state index in [9.17, 15) is 18.8 Å². The second kappa shape index (κ2) is 7.94. The molecule has 4 atom stereocenters. The van der Waals surface area contributed by atoms with Crippen LogP contribution in [0.1, 0.15) is 30.3 Å². The number of nitrogens with two attached hydrogens (primary N) is 1. The van der Waals surface area contributed by atoms with E-state index in [1.807, 2.05) is 0 Å². The van der Waals surface area contributed by atoms with Crippen LogP contribution >= 0.6 is 23.2 Å². The summed E-state index contributed by atoms with van der Waals surface area (Å²) in [6, 6.07) is 5.62. The van der Waals surface area contributed by atoms with Gasteiger partial charge in [0.05, 0.1) is 12.1 Å². The van der Waals surface area contributed by atoms with Crippen LogP contribution in [0.5, 0.6) is 0 Å². The first-order valence-corrected chi connectivity index (χ1v) is 10.7. The highest BCUT2D eigenvalue weighted by Crippen LogP contribution is 2.54. The highest BCUT2D eigenvalue weighted by Gasteiger charge is 2.55. The lowest BCUT2D eigenvalue weighted by Gasteiger charge is -2.25. The quantitative estimate of drug-likeness (QED) is 0.627. The van der Waals surface area contributed by atoms with Gasteiger partial charge in [-0.15, -0.1) is 23.2 Å². The molecule has 1 aromatic carbocycles. The molecule has 0 unspecified atom stereocenters. The number of hydrogen-bond acceptors (Lipinski definition) is 4. The first kappa shape index (κ1) is 21.8. The lowest BCUT2D eigenvalue weighted by atomic mass is 10.1. The summed E-state index contributed by atoms with van der Waals surface area (Å²) in [6.45, 7) is 1.34. The number of para-hydroxylation sites is 1. The summed E-state index contributed by atoms with van der Waals surface area (Å²) in [5.74, 6) is -1.73. The number of halogens is 3. The molecule has 1 aliphatic heterocycles. The average molecular weight is 470 g/mol. The lowest BCUT2D eigenvalue weighted by molar-refractivity contribution is -0.139. The van der Waals surface area contributed by atoms with Crippen LogP contribution in [0.25, 0.3) is 10.9 Å². The van der Waals surface area contributed by atoms with E-state index in [1.54, 1.807) is 31.2 Å². The van der Waals surface area contributed by atoms with Crippen molar-refractivity contribution in [2.45, 2.75) is 48.9 Å². The molecule has 2 heterocycles. The Labute approximate surface area is 187 Å². The smallest absolute Gasteiger partial charge is 0.269 e. The molecular formula is C20H22Cl2FN5O3. The average Bonchev–Trinajstić information content (AvgIpc) is 3.02. The first-order chi connectivity index (χ1) is 14.6. The van der Waals surface area contributed by atoms with Gasteiger partial charge in [-0.2, -0.15) is 5.10 Å². The third-order valence-corrected chi connectivity index (χ3v) is 6.77. The Morgan fingerprint density at radius 3 is 2.68 bits per heavy atom. The maximum Gasteiger partial charge on any atom is 0.269 e. The number of carbonyl (C=O) groups excluding carboxylic acids is 3. The van der Waals surface area contributed by atoms with Gasteiger partial charge in [0.1, 0.15) is 23.1 Å². The summed E-state index contributed by atoms with van der Waals surface area (Å²) in [5.41, 5.74) is 5.98. The molecule has 1 aliphatic carbocycles. The molecule has 11 heteroatoms. The van der Waals surface area contributed by atoms with E-state index in [-0.39, 0.29) is 37.2 Å². The van der Waals surface area contributed by atoms with E-state index < -0.39 is 34.3 Å². The number of hydrogen-bond donors (Lipinski definition) is 2. The van der Waals surface area contributed by atoms with Crippen molar-refractivity contribution >= 4 is 51.8 Å². The molecule has 2 aromatic rings. The number of alkyl halides is 3. The van der Waals surface area contributed by atoms with Crippen molar-refractivity contribution in [1.82, 2.24) is 20.0 Å². The van der Waals surface area contributed by atoms with Crippen molar-refractivity contribution in [3.8, 4) is 0 Å². The van der Waals surface area contributed by atoms with Crippen molar-refractivity contribution in [2.24, 2.45) is 11.7 Å². The van der Waals surface area contributed by atoms with Crippen molar-refractivity contribution in [3.63, 3.8) is 0 Å². The zero-order valence-corrected chi connectivity index (χ0v) is 18.2. The maximum atomic E-state index is 14.2. The Morgan fingerprint density at radius 1 is 1.35 bits per heavy atom. The summed E-state index contributed by atoms with van der Waals surface area (Å²) in [5, 5.41) is 7.48. The minimum atomic E-state index is -1.31. The SMILES string of the molecule is C[C@@H](NC(=O)[C@@H]1C[C@@H](F)CN1C(=O)Cn1nc(C(N)=O)c2ccccc21)[C@H]1CC1(Cl)Cl. The molecule has 3 amide bonds. The number of carbonyl (C=O) groups is 3. The van der Waals surface area contributed by atoms with Gasteiger partial charge in [-0.1, -0.05) is 18.2 Å². The normalized spacial score (nSPS) is 25.4. The molecule has 1 aromatic heterocycles. The molecule has 166 valence electrons. The Hall–Kier alpha value is -2.39. The number of primary amides is 1. The van der Waals surface area contributed by atoms with Gasteiger partial charge in [-0.3, -0.25) is 19.1 Å². The fraction of sp³-hybridized carbons (Fsp3) is 0.500. The Kier molecular flexibility index (Phi) is 5.59. The van der Waals surface area contributed by atoms with Gasteiger partial charge < -0.3 is 16.0 Å². The molecule has 0 bridgehead atoms. The van der Waals surface area contributed by atoms with Crippen LogP contribution in [-0.4, -0.2) is 61.5 Å².